The number of carboxylic acids is 2. The number of nitrogens with two attached hydrogens (primary N) is 2. The Hall–Kier alpha value is -3.11. The van der Waals surface area contributed by atoms with Gasteiger partial charge in [0, 0.05) is 5.69 Å². The molecule has 2 aromatic carbocycles. The molecule has 0 unspecified atom stereocenters. The van der Waals surface area contributed by atoms with Crippen LogP contribution in [0.5, 0.6) is 0 Å². The lowest BCUT2D eigenvalue weighted by Crippen LogP contribution is -2.16. The van der Waals surface area contributed by atoms with Crippen LogP contribution < -0.4 is 16.2 Å². The third kappa shape index (κ3) is 3.62. The molecule has 0 spiro atoms. The molecule has 9 nitrogen and oxygen atoms in total. The molecule has 0 amide bonds. The van der Waals surface area contributed by atoms with Gasteiger partial charge in [-0.3, -0.25) is 0 Å². The predicted molar refractivity (Wildman–Crippen MR) is 85.9 cm³/mol. The van der Waals surface area contributed by atoms with Crippen molar-refractivity contribution in [3.05, 3.63) is 47.5 Å². The average molecular weight is 351 g/mol. The number of nitrogen functional groups attached to an aromatic ring is 1. The van der Waals surface area contributed by atoms with Crippen molar-refractivity contribution in [3.63, 3.8) is 0 Å². The second kappa shape index (κ2) is 6.18. The third-order valence-corrected chi connectivity index (χ3v) is 4.02. The first kappa shape index (κ1) is 17.2. The number of sulfonamides is 1. The minimum atomic E-state index is -4.25. The number of nitrogens with one attached hydrogen (secondary N) is 1. The fourth-order valence-electron chi connectivity index (χ4n) is 1.96. The maximum Gasteiger partial charge on any atom is 0.335 e. The Morgan fingerprint density at radius 2 is 1.50 bits per heavy atom. The van der Waals surface area contributed by atoms with Crippen LogP contribution in [-0.4, -0.2) is 30.6 Å². The van der Waals surface area contributed by atoms with E-state index >= 15 is 0 Å². The van der Waals surface area contributed by atoms with Crippen molar-refractivity contribution < 1.29 is 28.2 Å². The molecule has 0 atom stereocenters. The van der Waals surface area contributed by atoms with Crippen LogP contribution >= 0.6 is 0 Å². The predicted octanol–water partition coefficient (Wildman–Crippen LogP) is 1.06. The molecule has 2 rings (SSSR count). The molecular formula is C14H13N3O6S. The summed E-state index contributed by atoms with van der Waals surface area (Å²) in [6, 6.07) is 7.40. The lowest BCUT2D eigenvalue weighted by molar-refractivity contribution is 0.0686. The van der Waals surface area contributed by atoms with E-state index in [0.29, 0.717) is 5.69 Å². The zero-order chi connectivity index (χ0) is 18.1. The summed E-state index contributed by atoms with van der Waals surface area (Å²) in [5, 5.41) is 25.7. The summed E-state index contributed by atoms with van der Waals surface area (Å²) in [6.07, 6.45) is 0. The molecule has 0 aliphatic heterocycles. The highest BCUT2D eigenvalue weighted by Crippen LogP contribution is 2.32. The van der Waals surface area contributed by atoms with E-state index in [1.165, 1.54) is 24.3 Å². The molecule has 0 saturated carbocycles. The van der Waals surface area contributed by atoms with E-state index in [4.69, 9.17) is 21.1 Å². The van der Waals surface area contributed by atoms with Gasteiger partial charge < -0.3 is 21.3 Å². The van der Waals surface area contributed by atoms with E-state index in [1.54, 1.807) is 0 Å². The lowest BCUT2D eigenvalue weighted by Gasteiger charge is -2.14. The Balaban J connectivity index is 2.53. The van der Waals surface area contributed by atoms with E-state index in [-0.39, 0.29) is 22.5 Å². The largest absolute Gasteiger partial charge is 0.478 e. The molecule has 0 aromatic heterocycles. The Bertz CT molecular complexity index is 922. The Morgan fingerprint density at radius 1 is 0.958 bits per heavy atom. The smallest absolute Gasteiger partial charge is 0.335 e. The Kier molecular flexibility index (Phi) is 4.44. The first-order chi connectivity index (χ1) is 11.1. The first-order valence-corrected chi connectivity index (χ1v) is 7.94. The summed E-state index contributed by atoms with van der Waals surface area (Å²) in [4.78, 5) is 21.4. The van der Waals surface area contributed by atoms with Gasteiger partial charge >= 0.3 is 11.9 Å². The Morgan fingerprint density at radius 3 is 1.96 bits per heavy atom. The summed E-state index contributed by atoms with van der Waals surface area (Å²) in [7, 11) is -4.25. The number of benzene rings is 2. The summed E-state index contributed by atoms with van der Waals surface area (Å²) >= 11 is 0. The highest BCUT2D eigenvalue weighted by Gasteiger charge is 2.20. The maximum absolute atomic E-state index is 11.7. The number of carboxylic acid groups (broad SMARTS) is 2. The lowest BCUT2D eigenvalue weighted by atomic mass is 10.1. The highest BCUT2D eigenvalue weighted by molar-refractivity contribution is 7.89. The summed E-state index contributed by atoms with van der Waals surface area (Å²) in [5.74, 6) is -2.47. The second-order valence-corrected chi connectivity index (χ2v) is 6.33. The average Bonchev–Trinajstić information content (AvgIpc) is 2.48. The van der Waals surface area contributed by atoms with Gasteiger partial charge in [-0.2, -0.15) is 0 Å². The normalized spacial score (nSPS) is 11.0. The van der Waals surface area contributed by atoms with Crippen LogP contribution in [0.3, 0.4) is 0 Å². The fraction of sp³-hybridized carbons (Fsp3) is 0. The summed E-state index contributed by atoms with van der Waals surface area (Å²) in [5.41, 5.74) is 5.57. The van der Waals surface area contributed by atoms with Gasteiger partial charge in [-0.05, 0) is 36.4 Å². The van der Waals surface area contributed by atoms with E-state index < -0.39 is 26.9 Å². The Labute approximate surface area is 136 Å². The van der Waals surface area contributed by atoms with Gasteiger partial charge in [-0.1, -0.05) is 0 Å². The van der Waals surface area contributed by atoms with Crippen molar-refractivity contribution in [2.24, 2.45) is 5.14 Å². The van der Waals surface area contributed by atoms with Crippen LogP contribution in [0.4, 0.5) is 17.1 Å². The molecular weight excluding hydrogens is 338 g/mol. The molecule has 126 valence electrons. The van der Waals surface area contributed by atoms with Gasteiger partial charge in [0.25, 0.3) is 0 Å². The molecule has 0 aliphatic rings. The van der Waals surface area contributed by atoms with Gasteiger partial charge in [0.15, 0.2) is 0 Å². The number of primary sulfonamides is 1. The van der Waals surface area contributed by atoms with E-state index in [9.17, 15) is 18.0 Å². The fourth-order valence-corrected chi connectivity index (χ4v) is 2.70. The van der Waals surface area contributed by atoms with Crippen molar-refractivity contribution in [2.45, 2.75) is 4.90 Å². The van der Waals surface area contributed by atoms with E-state index in [0.717, 1.165) is 12.1 Å². The van der Waals surface area contributed by atoms with Crippen molar-refractivity contribution in [2.75, 3.05) is 11.1 Å². The number of carbonyl (C=O) groups is 2. The van der Waals surface area contributed by atoms with Crippen molar-refractivity contribution in [1.82, 2.24) is 0 Å². The third-order valence-electron chi connectivity index (χ3n) is 3.09. The van der Waals surface area contributed by atoms with Gasteiger partial charge in [0.1, 0.15) is 4.90 Å². The van der Waals surface area contributed by atoms with Crippen LogP contribution in [0.15, 0.2) is 41.3 Å². The minimum Gasteiger partial charge on any atom is -0.478 e. The number of hydrogen-bond acceptors (Lipinski definition) is 6. The van der Waals surface area contributed by atoms with Crippen LogP contribution in [0.1, 0.15) is 20.7 Å². The molecule has 2 aromatic rings. The first-order valence-electron chi connectivity index (χ1n) is 6.39. The van der Waals surface area contributed by atoms with Crippen LogP contribution in [0, 0.1) is 0 Å². The monoisotopic (exact) mass is 351 g/mol. The van der Waals surface area contributed by atoms with Crippen LogP contribution in [0.25, 0.3) is 0 Å². The van der Waals surface area contributed by atoms with Crippen molar-refractivity contribution >= 4 is 39.0 Å². The zero-order valence-corrected chi connectivity index (χ0v) is 12.9. The molecule has 0 saturated heterocycles. The summed E-state index contributed by atoms with van der Waals surface area (Å²) in [6.45, 7) is 0. The molecule has 0 bridgehead atoms. The summed E-state index contributed by atoms with van der Waals surface area (Å²) < 4.78 is 23.5. The molecule has 0 fully saturated rings. The van der Waals surface area contributed by atoms with Crippen LogP contribution in [-0.2, 0) is 10.0 Å². The number of aromatic carboxylic acids is 2. The SMILES string of the molecule is Nc1cc(C(=O)O)cc(S(N)(=O)=O)c1Nc1ccc(C(=O)O)cc1. The molecule has 0 radical (unpaired) electrons. The van der Waals surface area contributed by atoms with Gasteiger partial charge in [0.2, 0.25) is 10.0 Å². The molecule has 10 heteroatoms. The minimum absolute atomic E-state index is 0.0430. The standard InChI is InChI=1S/C14H13N3O6S/c15-10-5-8(14(20)21)6-11(24(16,22)23)12(10)17-9-3-1-7(2-4-9)13(18)19/h1-6,17H,15H2,(H,18,19)(H,20,21)(H2,16,22,23). The number of hydrogen-bond donors (Lipinski definition) is 5. The van der Waals surface area contributed by atoms with Crippen molar-refractivity contribution in [1.29, 1.82) is 0 Å². The number of anilines is 3. The van der Waals surface area contributed by atoms with Gasteiger partial charge in [-0.25, -0.2) is 23.1 Å². The van der Waals surface area contributed by atoms with Crippen LogP contribution in [0.2, 0.25) is 0 Å². The van der Waals surface area contributed by atoms with Crippen molar-refractivity contribution in [3.8, 4) is 0 Å². The maximum atomic E-state index is 11.7. The molecule has 0 aliphatic carbocycles. The topological polar surface area (TPSA) is 173 Å². The molecule has 7 N–H and O–H groups in total. The highest BCUT2D eigenvalue weighted by atomic mass is 32.2. The van der Waals surface area contributed by atoms with Gasteiger partial charge in [-0.15, -0.1) is 0 Å². The number of rotatable bonds is 5. The van der Waals surface area contributed by atoms with Gasteiger partial charge in [0.05, 0.1) is 22.5 Å². The zero-order valence-electron chi connectivity index (χ0n) is 12.1. The second-order valence-electron chi connectivity index (χ2n) is 4.80. The molecule has 0 heterocycles. The quantitative estimate of drug-likeness (QED) is 0.497. The van der Waals surface area contributed by atoms with E-state index in [2.05, 4.69) is 5.32 Å². The molecule has 24 heavy (non-hydrogen) atoms. The van der Waals surface area contributed by atoms with E-state index in [1.807, 2.05) is 0 Å².